The van der Waals surface area contributed by atoms with Crippen LogP contribution in [0.5, 0.6) is 0 Å². The summed E-state index contributed by atoms with van der Waals surface area (Å²) in [6.07, 6.45) is 48.3. The lowest BCUT2D eigenvalue weighted by Gasteiger charge is -2.25. The summed E-state index contributed by atoms with van der Waals surface area (Å²) in [4.78, 5) is 23.1. The largest absolute Gasteiger partial charge is 0.472 e. The first-order valence-corrected chi connectivity index (χ1v) is 25.7. The van der Waals surface area contributed by atoms with Crippen molar-refractivity contribution in [1.82, 2.24) is 5.32 Å². The van der Waals surface area contributed by atoms with Crippen LogP contribution < -0.4 is 5.32 Å². The minimum Gasteiger partial charge on any atom is -0.387 e. The lowest BCUT2D eigenvalue weighted by atomic mass is 10.0. The molecule has 0 aliphatic rings. The number of quaternary nitrogens is 1. The molecule has 338 valence electrons. The Bertz CT molecular complexity index is 984. The van der Waals surface area contributed by atoms with Gasteiger partial charge in [0.15, 0.2) is 0 Å². The van der Waals surface area contributed by atoms with Crippen LogP contribution >= 0.6 is 7.82 Å². The summed E-state index contributed by atoms with van der Waals surface area (Å²) in [5, 5.41) is 13.8. The third kappa shape index (κ3) is 42.9. The Labute approximate surface area is 354 Å². The van der Waals surface area contributed by atoms with Crippen molar-refractivity contribution in [3.8, 4) is 0 Å². The smallest absolute Gasteiger partial charge is 0.387 e. The molecule has 3 unspecified atom stereocenters. The number of allylic oxidation sites excluding steroid dienone is 3. The SMILES string of the molecule is CCCCCCCCCCCCCCCCCC/C=C/CC/C=C/C(O)C(COP(=O)(O)OCC[N+](C)(C)C)NC(=O)CCCCCCCCCCCCCCC. The van der Waals surface area contributed by atoms with Crippen molar-refractivity contribution in [2.45, 2.75) is 238 Å². The standard InChI is InChI=1S/C48H95N2O6P/c1-6-8-10-12-14-16-18-20-21-22-23-24-25-26-27-28-30-31-33-35-37-39-41-47(51)46(45-56-57(53,54)55-44-43-50(3,4)5)49-48(52)42-40-38-36-34-32-29-19-17-15-13-11-9-7-2/h31,33,39,41,46-47,51H,6-30,32,34-38,40,42-45H2,1-5H3,(H-,49,52,53,54)/p+1/b33-31+,41-39+. The van der Waals surface area contributed by atoms with Gasteiger partial charge in [0, 0.05) is 6.42 Å². The first kappa shape index (κ1) is 56.0. The van der Waals surface area contributed by atoms with Crippen molar-refractivity contribution in [1.29, 1.82) is 0 Å². The van der Waals surface area contributed by atoms with E-state index in [9.17, 15) is 19.4 Å². The van der Waals surface area contributed by atoms with Gasteiger partial charge in [0.1, 0.15) is 13.2 Å². The third-order valence-electron chi connectivity index (χ3n) is 10.9. The van der Waals surface area contributed by atoms with Crippen molar-refractivity contribution in [2.75, 3.05) is 40.9 Å². The fourth-order valence-corrected chi connectivity index (χ4v) is 7.79. The summed E-state index contributed by atoms with van der Waals surface area (Å²) in [6, 6.07) is -0.858. The zero-order valence-electron chi connectivity index (χ0n) is 38.3. The number of nitrogens with zero attached hydrogens (tertiary/aromatic N) is 1. The number of carbonyl (C=O) groups excluding carboxylic acids is 1. The number of nitrogens with one attached hydrogen (secondary N) is 1. The molecule has 57 heavy (non-hydrogen) atoms. The predicted octanol–water partition coefficient (Wildman–Crippen LogP) is 13.7. The number of hydrogen-bond acceptors (Lipinski definition) is 5. The van der Waals surface area contributed by atoms with Crippen LogP contribution in [0.1, 0.15) is 226 Å². The van der Waals surface area contributed by atoms with Crippen molar-refractivity contribution in [3.63, 3.8) is 0 Å². The predicted molar refractivity (Wildman–Crippen MR) is 245 cm³/mol. The maximum absolute atomic E-state index is 12.9. The van der Waals surface area contributed by atoms with Crippen molar-refractivity contribution in [2.24, 2.45) is 0 Å². The van der Waals surface area contributed by atoms with Crippen LogP contribution in [0.4, 0.5) is 0 Å². The van der Waals surface area contributed by atoms with Crippen LogP contribution in [0.3, 0.4) is 0 Å². The molecule has 0 aromatic carbocycles. The maximum atomic E-state index is 12.9. The summed E-state index contributed by atoms with van der Waals surface area (Å²) >= 11 is 0. The van der Waals surface area contributed by atoms with E-state index in [2.05, 4.69) is 31.3 Å². The molecule has 0 heterocycles. The molecule has 1 amide bonds. The summed E-state index contributed by atoms with van der Waals surface area (Å²) in [7, 11) is 1.56. The summed E-state index contributed by atoms with van der Waals surface area (Å²) < 4.78 is 23.6. The molecule has 0 fully saturated rings. The first-order chi connectivity index (χ1) is 27.5. The third-order valence-corrected chi connectivity index (χ3v) is 11.9. The molecule has 0 aliphatic carbocycles. The molecule has 9 heteroatoms. The van der Waals surface area contributed by atoms with Gasteiger partial charge in [-0.15, -0.1) is 0 Å². The van der Waals surface area contributed by atoms with E-state index in [0.29, 0.717) is 17.4 Å². The topological polar surface area (TPSA) is 105 Å². The summed E-state index contributed by atoms with van der Waals surface area (Å²) in [5.74, 6) is -0.185. The Morgan fingerprint density at radius 2 is 0.965 bits per heavy atom. The van der Waals surface area contributed by atoms with Crippen LogP contribution in [0.25, 0.3) is 0 Å². The number of rotatable bonds is 44. The Kier molecular flexibility index (Phi) is 39.7. The molecule has 0 rings (SSSR count). The van der Waals surface area contributed by atoms with Crippen molar-refractivity contribution in [3.05, 3.63) is 24.3 Å². The van der Waals surface area contributed by atoms with E-state index < -0.39 is 20.0 Å². The second kappa shape index (κ2) is 40.4. The number of amides is 1. The van der Waals surface area contributed by atoms with E-state index >= 15 is 0 Å². The van der Waals surface area contributed by atoms with Gasteiger partial charge in [0.25, 0.3) is 0 Å². The highest BCUT2D eigenvalue weighted by Gasteiger charge is 2.27. The molecule has 3 N–H and O–H groups in total. The van der Waals surface area contributed by atoms with Crippen LogP contribution in [-0.2, 0) is 18.4 Å². The highest BCUT2D eigenvalue weighted by molar-refractivity contribution is 7.47. The molecule has 0 saturated heterocycles. The van der Waals surface area contributed by atoms with Crippen molar-refractivity contribution >= 4 is 13.7 Å². The van der Waals surface area contributed by atoms with Crippen LogP contribution in [0.15, 0.2) is 24.3 Å². The van der Waals surface area contributed by atoms with Gasteiger partial charge in [0.05, 0.1) is 39.9 Å². The van der Waals surface area contributed by atoms with Gasteiger partial charge in [-0.2, -0.15) is 0 Å². The maximum Gasteiger partial charge on any atom is 0.472 e. The normalized spacial score (nSPS) is 14.4. The van der Waals surface area contributed by atoms with E-state index in [1.165, 1.54) is 167 Å². The van der Waals surface area contributed by atoms with E-state index in [4.69, 9.17) is 9.05 Å². The fraction of sp³-hybridized carbons (Fsp3) is 0.896. The molecule has 0 aromatic heterocycles. The zero-order chi connectivity index (χ0) is 42.1. The number of phosphoric acid groups is 1. The monoisotopic (exact) mass is 828 g/mol. The van der Waals surface area contributed by atoms with Gasteiger partial charge in [-0.05, 0) is 32.1 Å². The number of carbonyl (C=O) groups is 1. The highest BCUT2D eigenvalue weighted by Crippen LogP contribution is 2.43. The number of likely N-dealkylation sites (N-methyl/N-ethyl adjacent to an activating group) is 1. The van der Waals surface area contributed by atoms with Gasteiger partial charge >= 0.3 is 7.82 Å². The Hall–Kier alpha value is -1.02. The number of unbranched alkanes of at least 4 members (excludes halogenated alkanes) is 29. The molecular weight excluding hydrogens is 732 g/mol. The van der Waals surface area contributed by atoms with Crippen LogP contribution in [0.2, 0.25) is 0 Å². The van der Waals surface area contributed by atoms with Crippen molar-refractivity contribution < 1.29 is 32.9 Å². The molecule has 0 bridgehead atoms. The average Bonchev–Trinajstić information content (AvgIpc) is 3.16. The van der Waals surface area contributed by atoms with Crippen LogP contribution in [-0.4, -0.2) is 73.4 Å². The molecule has 8 nitrogen and oxygen atoms in total. The second-order valence-electron chi connectivity index (χ2n) is 17.8. The van der Waals surface area contributed by atoms with Gasteiger partial charge in [-0.3, -0.25) is 13.8 Å². The Morgan fingerprint density at radius 3 is 1.40 bits per heavy atom. The van der Waals surface area contributed by atoms with Crippen LogP contribution in [0, 0.1) is 0 Å². The van der Waals surface area contributed by atoms with Gasteiger partial charge in [-0.25, -0.2) is 4.57 Å². The molecule has 0 saturated carbocycles. The number of aliphatic hydroxyl groups excluding tert-OH is 1. The fourth-order valence-electron chi connectivity index (χ4n) is 7.06. The minimum absolute atomic E-state index is 0.0583. The minimum atomic E-state index is -4.34. The van der Waals surface area contributed by atoms with E-state index in [-0.39, 0.29) is 19.1 Å². The summed E-state index contributed by atoms with van der Waals surface area (Å²) in [5.41, 5.74) is 0. The van der Waals surface area contributed by atoms with Gasteiger partial charge in [0.2, 0.25) is 5.91 Å². The quantitative estimate of drug-likeness (QED) is 0.0244. The molecular formula is C48H96N2O6P+. The lowest BCUT2D eigenvalue weighted by Crippen LogP contribution is -2.45. The Balaban J connectivity index is 4.35. The molecule has 0 aliphatic heterocycles. The molecule has 3 atom stereocenters. The number of aliphatic hydroxyl groups is 1. The average molecular weight is 828 g/mol. The van der Waals surface area contributed by atoms with Gasteiger partial charge < -0.3 is 19.8 Å². The summed E-state index contributed by atoms with van der Waals surface area (Å²) in [6.45, 7) is 4.81. The zero-order valence-corrected chi connectivity index (χ0v) is 39.2. The Morgan fingerprint density at radius 1 is 0.579 bits per heavy atom. The number of phosphoric ester groups is 1. The van der Waals surface area contributed by atoms with E-state index in [1.807, 2.05) is 27.2 Å². The lowest BCUT2D eigenvalue weighted by molar-refractivity contribution is -0.870. The highest BCUT2D eigenvalue weighted by atomic mass is 31.2. The van der Waals surface area contributed by atoms with E-state index in [0.717, 1.165) is 38.5 Å². The molecule has 0 aromatic rings. The first-order valence-electron chi connectivity index (χ1n) is 24.2. The van der Waals surface area contributed by atoms with Gasteiger partial charge in [-0.1, -0.05) is 212 Å². The number of hydrogen-bond donors (Lipinski definition) is 3. The molecule has 0 spiro atoms. The van der Waals surface area contributed by atoms with E-state index in [1.54, 1.807) is 6.08 Å². The second-order valence-corrected chi connectivity index (χ2v) is 19.3. The molecule has 0 radical (unpaired) electrons.